The van der Waals surface area contributed by atoms with E-state index in [0.717, 1.165) is 17.1 Å². The summed E-state index contributed by atoms with van der Waals surface area (Å²) in [6, 6.07) is 4.58. The van der Waals surface area contributed by atoms with Crippen LogP contribution >= 0.6 is 0 Å². The van der Waals surface area contributed by atoms with E-state index in [2.05, 4.69) is 115 Å². The predicted molar refractivity (Wildman–Crippen MR) is 145 cm³/mol. The van der Waals surface area contributed by atoms with Crippen LogP contribution in [0, 0.1) is 11.8 Å². The minimum atomic E-state index is -1.46. The molecule has 0 N–H and O–H groups in total. The van der Waals surface area contributed by atoms with Gasteiger partial charge in [0.25, 0.3) is 5.71 Å². The van der Waals surface area contributed by atoms with Gasteiger partial charge in [0.15, 0.2) is 0 Å². The number of aromatic nitrogens is 4. The topological polar surface area (TPSA) is 53.0 Å². The monoisotopic (exact) mass is 465 g/mol. The van der Waals surface area contributed by atoms with Crippen LogP contribution in [0.4, 0.5) is 0 Å². The lowest BCUT2D eigenvalue weighted by Crippen LogP contribution is -2.53. The van der Waals surface area contributed by atoms with E-state index in [1.165, 1.54) is 17.1 Å². The van der Waals surface area contributed by atoms with Crippen molar-refractivity contribution in [1.82, 2.24) is 29.4 Å². The smallest absolute Gasteiger partial charge is 0.375 e. The molecular weight excluding hydrogens is 419 g/mol. The van der Waals surface area contributed by atoms with E-state index >= 15 is 0 Å². The summed E-state index contributed by atoms with van der Waals surface area (Å²) in [5.74, 6) is 2.13. The largest absolute Gasteiger partial charge is 0.397 e. The molecule has 0 unspecified atom stereocenters. The molecule has 7 heteroatoms. The van der Waals surface area contributed by atoms with Gasteiger partial charge in [-0.2, -0.15) is 0 Å². The zero-order valence-electron chi connectivity index (χ0n) is 23.6. The summed E-state index contributed by atoms with van der Waals surface area (Å²) in [5, 5.41) is 15.7. The van der Waals surface area contributed by atoms with Crippen LogP contribution in [-0.4, -0.2) is 37.1 Å². The summed E-state index contributed by atoms with van der Waals surface area (Å²) in [7, 11) is -1.46. The van der Waals surface area contributed by atoms with Gasteiger partial charge in [-0.25, -0.2) is 15.1 Å². The average molecular weight is 466 g/mol. The zero-order valence-corrected chi connectivity index (χ0v) is 23.6. The van der Waals surface area contributed by atoms with Gasteiger partial charge < -0.3 is 9.19 Å². The summed E-state index contributed by atoms with van der Waals surface area (Å²) >= 11 is 0. The van der Waals surface area contributed by atoms with Gasteiger partial charge in [0.2, 0.25) is 0 Å². The van der Waals surface area contributed by atoms with Crippen molar-refractivity contribution in [3.63, 3.8) is 0 Å². The van der Waals surface area contributed by atoms with Gasteiger partial charge in [-0.05, 0) is 41.7 Å². The highest BCUT2D eigenvalue weighted by Crippen LogP contribution is 2.29. The Bertz CT molecular complexity index is 993. The average Bonchev–Trinajstić information content (AvgIpc) is 3.45. The Morgan fingerprint density at radius 3 is 1.38 bits per heavy atom. The molecule has 0 saturated heterocycles. The van der Waals surface area contributed by atoms with Gasteiger partial charge in [-0.1, -0.05) is 83.1 Å². The molecule has 0 fully saturated rings. The van der Waals surface area contributed by atoms with Crippen molar-refractivity contribution < 1.29 is 0 Å². The molecule has 6 nitrogen and oxygen atoms in total. The van der Waals surface area contributed by atoms with Crippen molar-refractivity contribution in [3.05, 3.63) is 46.7 Å². The van der Waals surface area contributed by atoms with Gasteiger partial charge in [0, 0.05) is 29.1 Å². The third-order valence-electron chi connectivity index (χ3n) is 6.84. The predicted octanol–water partition coefficient (Wildman–Crippen LogP) is 5.89. The molecule has 0 bridgehead atoms. The number of hydrogen-bond donors (Lipinski definition) is 0. The first-order valence-electron chi connectivity index (χ1n) is 13.3. The summed E-state index contributed by atoms with van der Waals surface area (Å²) in [6.45, 7) is 26.8. The van der Waals surface area contributed by atoms with Gasteiger partial charge >= 0.3 is 7.12 Å². The van der Waals surface area contributed by atoms with E-state index in [4.69, 9.17) is 15.3 Å². The molecule has 0 aliphatic carbocycles. The second-order valence-corrected chi connectivity index (χ2v) is 11.8. The fourth-order valence-corrected chi connectivity index (χ4v) is 4.66. The second kappa shape index (κ2) is 10.1. The van der Waals surface area contributed by atoms with Crippen LogP contribution in [0.5, 0.6) is 0 Å². The normalized spacial score (nSPS) is 14.9. The van der Waals surface area contributed by atoms with Crippen LogP contribution in [0.2, 0.25) is 0 Å². The molecule has 2 aromatic rings. The highest BCUT2D eigenvalue weighted by atomic mass is 15.6. The van der Waals surface area contributed by atoms with Crippen molar-refractivity contribution in [2.45, 2.75) is 107 Å². The van der Waals surface area contributed by atoms with Crippen molar-refractivity contribution in [3.8, 4) is 0 Å². The maximum atomic E-state index is 5.23. The maximum absolute atomic E-state index is 5.23. The Hall–Kier alpha value is -2.31. The van der Waals surface area contributed by atoms with Crippen LogP contribution in [0.25, 0.3) is 0 Å². The van der Waals surface area contributed by atoms with Gasteiger partial charge in [0.05, 0.1) is 11.4 Å². The lowest BCUT2D eigenvalue weighted by molar-refractivity contribution is 0.424. The Morgan fingerprint density at radius 2 is 1.06 bits per heavy atom. The van der Waals surface area contributed by atoms with E-state index in [0.29, 0.717) is 35.5 Å². The summed E-state index contributed by atoms with van der Waals surface area (Å²) in [5.41, 5.74) is 7.13. The number of allylic oxidation sites excluding steroid dienone is 2. The third kappa shape index (κ3) is 5.03. The molecule has 0 spiro atoms. The summed E-state index contributed by atoms with van der Waals surface area (Å²) in [4.78, 5) is 2.27. The van der Waals surface area contributed by atoms with Crippen molar-refractivity contribution >= 4 is 12.8 Å². The van der Waals surface area contributed by atoms with E-state index in [9.17, 15) is 0 Å². The Morgan fingerprint density at radius 1 is 0.618 bits per heavy atom. The van der Waals surface area contributed by atoms with Crippen LogP contribution < -0.4 is 5.10 Å². The Labute approximate surface area is 207 Å². The SMILES string of the molecule is CC(C)C1=CC(C(C)C)=[N+]N1[BH-](n1nc(C(C)C)cc1C(C)C)n1nc(C(C)C)cc1C(C)C. The molecule has 1 aliphatic rings. The second-order valence-electron chi connectivity index (χ2n) is 11.8. The molecule has 0 atom stereocenters. The minimum Gasteiger partial charge on any atom is -0.397 e. The van der Waals surface area contributed by atoms with Gasteiger partial charge in [-0.3, -0.25) is 0 Å². The molecule has 34 heavy (non-hydrogen) atoms. The van der Waals surface area contributed by atoms with Crippen molar-refractivity contribution in [2.75, 3.05) is 0 Å². The molecule has 0 aromatic carbocycles. The van der Waals surface area contributed by atoms with Crippen molar-refractivity contribution in [1.29, 1.82) is 0 Å². The fraction of sp³-hybridized carbons (Fsp3) is 0.667. The number of nitrogens with zero attached hydrogens (tertiary/aromatic N) is 6. The lowest BCUT2D eigenvalue weighted by Gasteiger charge is -2.34. The van der Waals surface area contributed by atoms with Crippen molar-refractivity contribution in [2.24, 2.45) is 11.8 Å². The number of hydrogen-bond acceptors (Lipinski definition) is 4. The molecule has 3 rings (SSSR count). The number of hydrazone groups is 1. The maximum Gasteiger partial charge on any atom is 0.375 e. The first-order valence-corrected chi connectivity index (χ1v) is 13.3. The van der Waals surface area contributed by atoms with E-state index in [-0.39, 0.29) is 0 Å². The van der Waals surface area contributed by atoms with E-state index in [1.54, 1.807) is 0 Å². The Balaban J connectivity index is 2.35. The molecule has 1 aliphatic heterocycles. The van der Waals surface area contributed by atoms with E-state index < -0.39 is 7.12 Å². The highest BCUT2D eigenvalue weighted by Gasteiger charge is 2.39. The standard InChI is InChI=1S/C27H46BN6/c1-16(2)22-13-25(19(7)8)32(29-22)28(33-26(20(9)10)14-23(30-33)17(3)4)34-27(21(11)12)15-24(31-34)18(5)6/h13-21,28H,1-12H3. The zero-order chi connectivity index (χ0) is 25.5. The Kier molecular flexibility index (Phi) is 7.84. The first-order chi connectivity index (χ1) is 15.8. The molecule has 0 saturated carbocycles. The summed E-state index contributed by atoms with van der Waals surface area (Å²) in [6.07, 6.45) is 2.29. The highest BCUT2D eigenvalue weighted by molar-refractivity contribution is 6.52. The quantitative estimate of drug-likeness (QED) is 0.434. The summed E-state index contributed by atoms with van der Waals surface area (Å²) < 4.78 is 4.54. The van der Waals surface area contributed by atoms with Gasteiger partial charge in [0.1, 0.15) is 5.10 Å². The molecule has 0 amide bonds. The molecule has 187 valence electrons. The van der Waals surface area contributed by atoms with Crippen LogP contribution in [-0.2, 0) is 0 Å². The molecule has 2 aromatic heterocycles. The van der Waals surface area contributed by atoms with Gasteiger partial charge in [-0.15, -0.1) is 0 Å². The minimum absolute atomic E-state index is 0.347. The third-order valence-corrected chi connectivity index (χ3v) is 6.84. The van der Waals surface area contributed by atoms with Crippen LogP contribution in [0.3, 0.4) is 0 Å². The molecule has 1 radical (unpaired) electrons. The number of rotatable bonds is 9. The molecular formula is C27H46BN6. The van der Waals surface area contributed by atoms with Crippen LogP contribution in [0.15, 0.2) is 23.9 Å². The van der Waals surface area contributed by atoms with E-state index in [1.807, 2.05) is 0 Å². The molecule has 3 heterocycles. The van der Waals surface area contributed by atoms with Crippen LogP contribution in [0.1, 0.15) is 130 Å². The fourth-order valence-electron chi connectivity index (χ4n) is 4.66. The first kappa shape index (κ1) is 26.3. The lowest BCUT2D eigenvalue weighted by atomic mass is 9.87.